The van der Waals surface area contributed by atoms with E-state index in [0.29, 0.717) is 16.3 Å². The SMILES string of the molecule is Cc1ccc(C2=C[C@H](c3ccco3)N(C(=O)COC(=O)c3cc4c(C)nn(-c5ccc(F)cc5)c4s3)N2)cc1. The molecule has 196 valence electrons. The van der Waals surface area contributed by atoms with E-state index in [1.54, 1.807) is 41.3 Å². The van der Waals surface area contributed by atoms with Crippen LogP contribution in [0.25, 0.3) is 21.6 Å². The van der Waals surface area contributed by atoms with Gasteiger partial charge in [-0.25, -0.2) is 18.9 Å². The standard InChI is InChI=1S/C29H23FN4O4S/c1-17-5-7-19(8-6-17)23-15-24(25-4-3-13-37-25)34(32-23)27(35)16-38-29(36)26-14-22-18(2)31-33(28(22)39-26)21-11-9-20(30)10-12-21/h3-15,24,32H,16H2,1-2H3/t24-/m1/s1. The van der Waals surface area contributed by atoms with Crippen LogP contribution in [0, 0.1) is 19.7 Å². The molecule has 1 aliphatic rings. The van der Waals surface area contributed by atoms with Crippen LogP contribution in [0.2, 0.25) is 0 Å². The summed E-state index contributed by atoms with van der Waals surface area (Å²) in [5.74, 6) is -0.815. The van der Waals surface area contributed by atoms with E-state index in [1.807, 2.05) is 44.2 Å². The summed E-state index contributed by atoms with van der Waals surface area (Å²) in [5.41, 5.74) is 7.33. The van der Waals surface area contributed by atoms with Gasteiger partial charge >= 0.3 is 5.97 Å². The van der Waals surface area contributed by atoms with Crippen molar-refractivity contribution in [2.45, 2.75) is 19.9 Å². The molecule has 0 spiro atoms. The number of esters is 1. The molecule has 1 N–H and O–H groups in total. The minimum Gasteiger partial charge on any atom is -0.467 e. The Bertz CT molecular complexity index is 1700. The smallest absolute Gasteiger partial charge is 0.348 e. The lowest BCUT2D eigenvalue weighted by Gasteiger charge is -2.23. The Kier molecular flexibility index (Phi) is 6.24. The molecular formula is C29H23FN4O4S. The molecule has 0 radical (unpaired) electrons. The fourth-order valence-electron chi connectivity index (χ4n) is 4.42. The molecule has 39 heavy (non-hydrogen) atoms. The average molecular weight is 543 g/mol. The molecule has 4 heterocycles. The summed E-state index contributed by atoms with van der Waals surface area (Å²) in [6.45, 7) is 3.38. The van der Waals surface area contributed by atoms with Crippen LogP contribution in [-0.2, 0) is 9.53 Å². The number of nitrogens with zero attached hydrogens (tertiary/aromatic N) is 3. The summed E-state index contributed by atoms with van der Waals surface area (Å²) >= 11 is 1.20. The largest absolute Gasteiger partial charge is 0.467 e. The molecule has 5 aromatic rings. The van der Waals surface area contributed by atoms with E-state index in [0.717, 1.165) is 32.7 Å². The lowest BCUT2D eigenvalue weighted by Crippen LogP contribution is -2.41. The normalized spacial score (nSPS) is 14.9. The zero-order valence-electron chi connectivity index (χ0n) is 21.1. The van der Waals surface area contributed by atoms with Crippen molar-refractivity contribution in [2.24, 2.45) is 0 Å². The third-order valence-electron chi connectivity index (χ3n) is 6.45. The number of hydrazine groups is 1. The van der Waals surface area contributed by atoms with Crippen LogP contribution >= 0.6 is 11.3 Å². The number of carbonyl (C=O) groups excluding carboxylic acids is 2. The number of aromatic nitrogens is 2. The Morgan fingerprint density at radius 1 is 1.10 bits per heavy atom. The molecule has 1 atom stereocenters. The van der Waals surface area contributed by atoms with Crippen LogP contribution < -0.4 is 5.43 Å². The molecule has 1 amide bonds. The molecule has 0 aliphatic carbocycles. The van der Waals surface area contributed by atoms with Crippen molar-refractivity contribution in [3.05, 3.63) is 112 Å². The van der Waals surface area contributed by atoms with Crippen molar-refractivity contribution < 1.29 is 23.1 Å². The zero-order valence-corrected chi connectivity index (χ0v) is 21.9. The second-order valence-electron chi connectivity index (χ2n) is 9.16. The molecule has 0 saturated heterocycles. The zero-order chi connectivity index (χ0) is 27.1. The second kappa shape index (κ2) is 9.88. The maximum absolute atomic E-state index is 13.4. The maximum Gasteiger partial charge on any atom is 0.348 e. The van der Waals surface area contributed by atoms with Crippen molar-refractivity contribution in [1.29, 1.82) is 0 Å². The highest BCUT2D eigenvalue weighted by Crippen LogP contribution is 2.33. The Morgan fingerprint density at radius 3 is 2.59 bits per heavy atom. The first kappa shape index (κ1) is 24.6. The number of furan rings is 1. The highest BCUT2D eigenvalue weighted by atomic mass is 32.1. The molecule has 0 fully saturated rings. The molecule has 8 nitrogen and oxygen atoms in total. The first-order chi connectivity index (χ1) is 18.9. The number of rotatable bonds is 6. The predicted molar refractivity (Wildman–Crippen MR) is 145 cm³/mol. The average Bonchev–Trinajstić information content (AvgIpc) is 3.73. The molecule has 0 unspecified atom stereocenters. The van der Waals surface area contributed by atoms with Crippen molar-refractivity contribution in [3.63, 3.8) is 0 Å². The number of halogens is 1. The van der Waals surface area contributed by atoms with E-state index in [1.165, 1.54) is 28.5 Å². The van der Waals surface area contributed by atoms with Gasteiger partial charge in [-0.15, -0.1) is 11.3 Å². The Morgan fingerprint density at radius 2 is 1.87 bits per heavy atom. The van der Waals surface area contributed by atoms with Gasteiger partial charge in [0.25, 0.3) is 5.91 Å². The topological polar surface area (TPSA) is 89.6 Å². The van der Waals surface area contributed by atoms with Gasteiger partial charge in [0.1, 0.15) is 27.3 Å². The highest BCUT2D eigenvalue weighted by Gasteiger charge is 2.33. The maximum atomic E-state index is 13.4. The summed E-state index contributed by atoms with van der Waals surface area (Å²) in [6, 6.07) is 18.6. The van der Waals surface area contributed by atoms with E-state index < -0.39 is 24.5 Å². The summed E-state index contributed by atoms with van der Waals surface area (Å²) in [4.78, 5) is 27.2. The van der Waals surface area contributed by atoms with Crippen LogP contribution in [0.3, 0.4) is 0 Å². The second-order valence-corrected chi connectivity index (χ2v) is 10.2. The van der Waals surface area contributed by atoms with Crippen LogP contribution in [0.15, 0.2) is 83.5 Å². The molecule has 3 aromatic heterocycles. The van der Waals surface area contributed by atoms with Crippen LogP contribution in [-0.4, -0.2) is 33.3 Å². The number of ether oxygens (including phenoxy) is 1. The molecule has 0 saturated carbocycles. The number of hydrogen-bond acceptors (Lipinski definition) is 7. The minimum absolute atomic E-state index is 0.338. The Hall–Kier alpha value is -4.70. The van der Waals surface area contributed by atoms with E-state index >= 15 is 0 Å². The summed E-state index contributed by atoms with van der Waals surface area (Å²) in [7, 11) is 0. The number of benzene rings is 2. The van der Waals surface area contributed by atoms with Gasteiger partial charge in [-0.2, -0.15) is 5.10 Å². The van der Waals surface area contributed by atoms with Gasteiger partial charge in [-0.05, 0) is 68.0 Å². The van der Waals surface area contributed by atoms with Crippen LogP contribution in [0.1, 0.15) is 38.3 Å². The fraction of sp³-hybridized carbons (Fsp3) is 0.138. The number of nitrogens with one attached hydrogen (secondary N) is 1. The van der Waals surface area contributed by atoms with Crippen molar-refractivity contribution in [3.8, 4) is 5.69 Å². The first-order valence-electron chi connectivity index (χ1n) is 12.2. The third kappa shape index (κ3) is 4.70. The Labute approximate surface area is 226 Å². The van der Waals surface area contributed by atoms with Gasteiger partial charge in [0, 0.05) is 5.39 Å². The summed E-state index contributed by atoms with van der Waals surface area (Å²) < 4.78 is 26.1. The molecule has 1 aliphatic heterocycles. The number of fused-ring (bicyclic) bond motifs is 1. The summed E-state index contributed by atoms with van der Waals surface area (Å²) in [5, 5.41) is 6.71. The summed E-state index contributed by atoms with van der Waals surface area (Å²) in [6.07, 6.45) is 3.45. The van der Waals surface area contributed by atoms with Gasteiger partial charge in [-0.3, -0.25) is 10.2 Å². The van der Waals surface area contributed by atoms with E-state index in [9.17, 15) is 14.0 Å². The lowest BCUT2D eigenvalue weighted by molar-refractivity contribution is -0.138. The van der Waals surface area contributed by atoms with Gasteiger partial charge in [0.2, 0.25) is 0 Å². The predicted octanol–water partition coefficient (Wildman–Crippen LogP) is 5.72. The minimum atomic E-state index is -0.616. The third-order valence-corrected chi connectivity index (χ3v) is 7.54. The lowest BCUT2D eigenvalue weighted by atomic mass is 10.1. The molecule has 2 aromatic carbocycles. The van der Waals surface area contributed by atoms with E-state index in [4.69, 9.17) is 9.15 Å². The highest BCUT2D eigenvalue weighted by molar-refractivity contribution is 7.20. The van der Waals surface area contributed by atoms with Gasteiger partial charge in [-0.1, -0.05) is 29.8 Å². The Balaban J connectivity index is 1.19. The monoisotopic (exact) mass is 542 g/mol. The van der Waals surface area contributed by atoms with Crippen molar-refractivity contribution in [1.82, 2.24) is 20.2 Å². The van der Waals surface area contributed by atoms with Crippen LogP contribution in [0.5, 0.6) is 0 Å². The molecule has 0 bridgehead atoms. The molecule has 10 heteroatoms. The van der Waals surface area contributed by atoms with Gasteiger partial charge in [0.05, 0.1) is 23.3 Å². The first-order valence-corrected chi connectivity index (χ1v) is 13.0. The van der Waals surface area contributed by atoms with Crippen LogP contribution in [0.4, 0.5) is 4.39 Å². The molecular weight excluding hydrogens is 519 g/mol. The van der Waals surface area contributed by atoms with E-state index in [2.05, 4.69) is 10.5 Å². The van der Waals surface area contributed by atoms with Gasteiger partial charge in [0.15, 0.2) is 6.61 Å². The van der Waals surface area contributed by atoms with Crippen molar-refractivity contribution >= 4 is 39.1 Å². The number of hydrogen-bond donors (Lipinski definition) is 1. The number of carbonyl (C=O) groups is 2. The number of thiophene rings is 1. The quantitative estimate of drug-likeness (QED) is 0.276. The van der Waals surface area contributed by atoms with E-state index in [-0.39, 0.29) is 5.82 Å². The van der Waals surface area contributed by atoms with Gasteiger partial charge < -0.3 is 9.15 Å². The van der Waals surface area contributed by atoms with Crippen molar-refractivity contribution in [2.75, 3.05) is 6.61 Å². The number of aryl methyl sites for hydroxylation is 2. The number of amides is 1. The molecule has 6 rings (SSSR count). The fourth-order valence-corrected chi connectivity index (χ4v) is 5.50.